The van der Waals surface area contributed by atoms with Gasteiger partial charge in [0.15, 0.2) is 16.7 Å². The molecule has 7 nitrogen and oxygen atoms in total. The molecule has 2 aromatic carbocycles. The summed E-state index contributed by atoms with van der Waals surface area (Å²) in [5, 5.41) is 4.90. The number of methoxy groups -OCH3 is 2. The van der Waals surface area contributed by atoms with Crippen LogP contribution in [0.5, 0.6) is 11.5 Å². The molecule has 1 aromatic heterocycles. The fourth-order valence-electron chi connectivity index (χ4n) is 3.51. The summed E-state index contributed by atoms with van der Waals surface area (Å²) in [6.45, 7) is 1.71. The van der Waals surface area contributed by atoms with Crippen molar-refractivity contribution >= 4 is 45.1 Å². The highest BCUT2D eigenvalue weighted by Gasteiger charge is 2.29. The number of thioether (sulfide) groups is 1. The lowest BCUT2D eigenvalue weighted by atomic mass is 10.2. The lowest BCUT2D eigenvalue weighted by molar-refractivity contribution is 0.102. The van der Waals surface area contributed by atoms with Gasteiger partial charge in [0.05, 0.1) is 26.5 Å². The first-order valence-corrected chi connectivity index (χ1v) is 9.68. The van der Waals surface area contributed by atoms with Crippen LogP contribution >= 0.6 is 11.8 Å². The van der Waals surface area contributed by atoms with Crippen LogP contribution in [0.4, 0.5) is 11.4 Å². The van der Waals surface area contributed by atoms with Crippen molar-refractivity contribution in [2.45, 2.75) is 4.90 Å². The number of carbonyl (C=O) groups excluding carboxylic acids is 1. The van der Waals surface area contributed by atoms with Crippen molar-refractivity contribution in [1.82, 2.24) is 4.98 Å². The number of rotatable bonds is 4. The highest BCUT2D eigenvalue weighted by atomic mass is 32.2. The number of hydrogen-bond acceptors (Lipinski definition) is 6. The normalized spacial score (nSPS) is 14.6. The number of H-pyrrole nitrogens is 1. The molecule has 0 aliphatic carbocycles. The lowest BCUT2D eigenvalue weighted by Crippen LogP contribution is -2.21. The summed E-state index contributed by atoms with van der Waals surface area (Å²) in [5.74, 6) is 1.04. The van der Waals surface area contributed by atoms with Gasteiger partial charge in [-0.2, -0.15) is 0 Å². The largest absolute Gasteiger partial charge is 0.493 e. The molecule has 0 bridgehead atoms. The Kier molecular flexibility index (Phi) is 3.94. The SMILES string of the molecule is COc1cc2cc(C(=O)Nc3ccc4c(c3)N3CCN=C3S4)[nH]c2cc1OC. The average Bonchev–Trinajstić information content (AvgIpc) is 3.40. The molecule has 0 fully saturated rings. The van der Waals surface area contributed by atoms with E-state index in [1.165, 1.54) is 4.90 Å². The summed E-state index contributed by atoms with van der Waals surface area (Å²) in [5.41, 5.74) is 3.14. The van der Waals surface area contributed by atoms with E-state index < -0.39 is 0 Å². The van der Waals surface area contributed by atoms with Crippen LogP contribution in [-0.2, 0) is 0 Å². The molecule has 2 aliphatic rings. The van der Waals surface area contributed by atoms with Gasteiger partial charge < -0.3 is 24.7 Å². The van der Waals surface area contributed by atoms with Crippen molar-refractivity contribution in [3.63, 3.8) is 0 Å². The molecule has 142 valence electrons. The molecule has 0 unspecified atom stereocenters. The maximum atomic E-state index is 12.8. The van der Waals surface area contributed by atoms with Gasteiger partial charge in [-0.3, -0.25) is 9.79 Å². The van der Waals surface area contributed by atoms with Gasteiger partial charge in [-0.1, -0.05) is 0 Å². The van der Waals surface area contributed by atoms with E-state index >= 15 is 0 Å². The van der Waals surface area contributed by atoms with Crippen LogP contribution in [0.25, 0.3) is 10.9 Å². The number of carbonyl (C=O) groups is 1. The van der Waals surface area contributed by atoms with Gasteiger partial charge in [-0.25, -0.2) is 0 Å². The number of amidine groups is 1. The third-order valence-corrected chi connectivity index (χ3v) is 5.98. The van der Waals surface area contributed by atoms with E-state index in [0.29, 0.717) is 17.2 Å². The van der Waals surface area contributed by atoms with Crippen molar-refractivity contribution < 1.29 is 14.3 Å². The van der Waals surface area contributed by atoms with Crippen molar-refractivity contribution in [2.24, 2.45) is 4.99 Å². The van der Waals surface area contributed by atoms with E-state index in [-0.39, 0.29) is 5.91 Å². The first-order valence-electron chi connectivity index (χ1n) is 8.86. The number of fused-ring (bicyclic) bond motifs is 4. The number of nitrogens with zero attached hydrogens (tertiary/aromatic N) is 2. The number of aliphatic imine (C=N–C) groups is 1. The van der Waals surface area contributed by atoms with Gasteiger partial charge in [0, 0.05) is 34.1 Å². The highest BCUT2D eigenvalue weighted by Crippen LogP contribution is 2.43. The monoisotopic (exact) mass is 394 g/mol. The fourth-order valence-corrected chi connectivity index (χ4v) is 4.57. The number of hydrogen-bond donors (Lipinski definition) is 2. The van der Waals surface area contributed by atoms with Gasteiger partial charge in [0.1, 0.15) is 5.69 Å². The molecule has 0 spiro atoms. The minimum Gasteiger partial charge on any atom is -0.493 e. The summed E-state index contributed by atoms with van der Waals surface area (Å²) >= 11 is 1.67. The maximum Gasteiger partial charge on any atom is 0.272 e. The van der Waals surface area contributed by atoms with Gasteiger partial charge in [-0.05, 0) is 42.1 Å². The van der Waals surface area contributed by atoms with Crippen LogP contribution in [0, 0.1) is 0 Å². The molecule has 0 radical (unpaired) electrons. The Hall–Kier alpha value is -3.13. The van der Waals surface area contributed by atoms with E-state index in [0.717, 1.165) is 40.5 Å². The molecule has 0 atom stereocenters. The fraction of sp³-hybridized carbons (Fsp3) is 0.200. The molecule has 8 heteroatoms. The van der Waals surface area contributed by atoms with Gasteiger partial charge in [0.2, 0.25) is 0 Å². The Bertz CT molecular complexity index is 1100. The van der Waals surface area contributed by atoms with Crippen LogP contribution in [0.2, 0.25) is 0 Å². The minimum atomic E-state index is -0.199. The Morgan fingerprint density at radius 2 is 2.00 bits per heavy atom. The van der Waals surface area contributed by atoms with Gasteiger partial charge in [-0.15, -0.1) is 0 Å². The predicted molar refractivity (Wildman–Crippen MR) is 111 cm³/mol. The zero-order valence-electron chi connectivity index (χ0n) is 15.4. The van der Waals surface area contributed by atoms with E-state index in [1.54, 1.807) is 32.0 Å². The molecule has 0 saturated heterocycles. The third-order valence-electron chi connectivity index (χ3n) is 4.88. The standard InChI is InChI=1S/C20H18N4O3S/c1-26-16-8-11-7-14(23-13(11)10-17(16)27-2)19(25)22-12-3-4-18-15(9-12)24-6-5-21-20(24)28-18/h3-4,7-10,23H,5-6H2,1-2H3,(H,22,25). The molecule has 5 rings (SSSR count). The van der Waals surface area contributed by atoms with E-state index in [9.17, 15) is 4.79 Å². The van der Waals surface area contributed by atoms with Crippen molar-refractivity contribution in [3.8, 4) is 11.5 Å². The number of anilines is 2. The average molecular weight is 394 g/mol. The third kappa shape index (κ3) is 2.68. The van der Waals surface area contributed by atoms with E-state index in [2.05, 4.69) is 20.2 Å². The Morgan fingerprint density at radius 3 is 2.82 bits per heavy atom. The molecule has 3 aromatic rings. The number of aromatic nitrogens is 1. The molecule has 2 N–H and O–H groups in total. The van der Waals surface area contributed by atoms with Crippen LogP contribution in [0.3, 0.4) is 0 Å². The Labute approximate surface area is 165 Å². The highest BCUT2D eigenvalue weighted by molar-refractivity contribution is 8.14. The predicted octanol–water partition coefficient (Wildman–Crippen LogP) is 3.72. The number of nitrogens with one attached hydrogen (secondary N) is 2. The summed E-state index contributed by atoms with van der Waals surface area (Å²) in [4.78, 5) is 23.8. The molecule has 28 heavy (non-hydrogen) atoms. The number of ether oxygens (including phenoxy) is 2. The number of amides is 1. The minimum absolute atomic E-state index is 0.199. The Morgan fingerprint density at radius 1 is 1.18 bits per heavy atom. The summed E-state index contributed by atoms with van der Waals surface area (Å²) in [6.07, 6.45) is 0. The first kappa shape index (κ1) is 17.0. The topological polar surface area (TPSA) is 79.0 Å². The second kappa shape index (κ2) is 6.49. The van der Waals surface area contributed by atoms with Crippen LogP contribution < -0.4 is 19.7 Å². The van der Waals surface area contributed by atoms with E-state index in [1.807, 2.05) is 30.3 Å². The quantitative estimate of drug-likeness (QED) is 0.705. The second-order valence-corrected chi connectivity index (χ2v) is 7.54. The van der Waals surface area contributed by atoms with Crippen LogP contribution in [0.15, 0.2) is 46.3 Å². The second-order valence-electron chi connectivity index (χ2n) is 6.53. The summed E-state index contributed by atoms with van der Waals surface area (Å²) in [6, 6.07) is 11.4. The maximum absolute atomic E-state index is 12.8. The smallest absolute Gasteiger partial charge is 0.272 e. The zero-order chi connectivity index (χ0) is 19.3. The number of aromatic amines is 1. The van der Waals surface area contributed by atoms with Crippen LogP contribution in [0.1, 0.15) is 10.5 Å². The van der Waals surface area contributed by atoms with Crippen molar-refractivity contribution in [3.05, 3.63) is 42.1 Å². The molecule has 2 aliphatic heterocycles. The molecule has 3 heterocycles. The summed E-state index contributed by atoms with van der Waals surface area (Å²) in [7, 11) is 3.18. The summed E-state index contributed by atoms with van der Waals surface area (Å²) < 4.78 is 10.7. The van der Waals surface area contributed by atoms with Gasteiger partial charge in [0.25, 0.3) is 5.91 Å². The molecule has 1 amide bonds. The van der Waals surface area contributed by atoms with Crippen molar-refractivity contribution in [2.75, 3.05) is 37.5 Å². The zero-order valence-corrected chi connectivity index (χ0v) is 16.2. The number of benzene rings is 2. The lowest BCUT2D eigenvalue weighted by Gasteiger charge is -2.13. The Balaban J connectivity index is 1.42. The van der Waals surface area contributed by atoms with Crippen molar-refractivity contribution in [1.29, 1.82) is 0 Å². The molecular weight excluding hydrogens is 376 g/mol. The van der Waals surface area contributed by atoms with Crippen LogP contribution in [-0.4, -0.2) is 43.4 Å². The van der Waals surface area contributed by atoms with E-state index in [4.69, 9.17) is 9.47 Å². The first-order chi connectivity index (χ1) is 13.7. The van der Waals surface area contributed by atoms with Gasteiger partial charge >= 0.3 is 0 Å². The molecular formula is C20H18N4O3S. The molecule has 0 saturated carbocycles.